The van der Waals surface area contributed by atoms with Crippen LogP contribution in [0.3, 0.4) is 0 Å². The first-order valence-electron chi connectivity index (χ1n) is 22.5. The summed E-state index contributed by atoms with van der Waals surface area (Å²) in [6.45, 7) is 7.95. The van der Waals surface area contributed by atoms with Crippen LogP contribution in [0.5, 0.6) is 0 Å². The molecular formula is C45H94N2O3. The molecule has 0 fully saturated rings. The average Bonchev–Trinajstić information content (AvgIpc) is 3.08. The van der Waals surface area contributed by atoms with Crippen LogP contribution in [0.4, 0.5) is 0 Å². The van der Waals surface area contributed by atoms with Gasteiger partial charge in [-0.15, -0.1) is 0 Å². The lowest BCUT2D eigenvalue weighted by Gasteiger charge is -2.03. The summed E-state index contributed by atoms with van der Waals surface area (Å²) < 4.78 is 0. The smallest absolute Gasteiger partial charge is 0.303 e. The largest absolute Gasteiger partial charge is 0.481 e. The molecular weight excluding hydrogens is 617 g/mol. The van der Waals surface area contributed by atoms with E-state index >= 15 is 0 Å². The molecule has 0 saturated carbocycles. The van der Waals surface area contributed by atoms with Crippen LogP contribution in [0.25, 0.3) is 0 Å². The molecule has 0 atom stereocenters. The van der Waals surface area contributed by atoms with Crippen LogP contribution < -0.4 is 5.73 Å². The standard InChI is InChI=1S/C22H44O2.C18H37NO.C5H13N/c1-2-3-4-5-6-7-8-9-10-11-12-13-14-15-16-17-18-19-20-21-22(23)24;1-2-3-4-5-6-7-8-9-10-11-12-13-14-15-16-17-18(19)20;1-4-5-6(2)3/h2-21H2,1H3,(H,23,24);2-17H2,1H3,(H2,19,20);4-5H2,1-3H3. The minimum atomic E-state index is -0.651. The lowest BCUT2D eigenvalue weighted by molar-refractivity contribution is -0.137. The van der Waals surface area contributed by atoms with Crippen molar-refractivity contribution in [2.75, 3.05) is 20.6 Å². The number of hydrogen-bond donors (Lipinski definition) is 2. The van der Waals surface area contributed by atoms with E-state index in [1.807, 2.05) is 0 Å². The van der Waals surface area contributed by atoms with Crippen molar-refractivity contribution in [2.45, 2.75) is 258 Å². The highest BCUT2D eigenvalue weighted by Crippen LogP contribution is 2.16. The van der Waals surface area contributed by atoms with Crippen LogP contribution in [0.2, 0.25) is 0 Å². The number of carboxylic acid groups (broad SMARTS) is 1. The van der Waals surface area contributed by atoms with E-state index in [2.05, 4.69) is 39.8 Å². The summed E-state index contributed by atoms with van der Waals surface area (Å²) in [7, 11) is 4.17. The van der Waals surface area contributed by atoms with Crippen LogP contribution in [-0.2, 0) is 9.59 Å². The van der Waals surface area contributed by atoms with Crippen molar-refractivity contribution >= 4 is 11.9 Å². The average molecular weight is 711 g/mol. The molecule has 5 nitrogen and oxygen atoms in total. The van der Waals surface area contributed by atoms with E-state index in [9.17, 15) is 9.59 Å². The van der Waals surface area contributed by atoms with E-state index in [1.165, 1.54) is 212 Å². The maximum absolute atomic E-state index is 10.6. The Morgan fingerprint density at radius 1 is 0.380 bits per heavy atom. The molecule has 0 spiro atoms. The third kappa shape index (κ3) is 62.1. The molecule has 0 aliphatic carbocycles. The van der Waals surface area contributed by atoms with Crippen molar-refractivity contribution in [3.63, 3.8) is 0 Å². The van der Waals surface area contributed by atoms with Gasteiger partial charge in [-0.1, -0.05) is 226 Å². The molecule has 1 amide bonds. The van der Waals surface area contributed by atoms with Crippen LogP contribution in [0.15, 0.2) is 0 Å². The van der Waals surface area contributed by atoms with Gasteiger partial charge in [-0.2, -0.15) is 0 Å². The summed E-state index contributed by atoms with van der Waals surface area (Å²) in [5.74, 6) is -0.804. The summed E-state index contributed by atoms with van der Waals surface area (Å²) >= 11 is 0. The highest BCUT2D eigenvalue weighted by Gasteiger charge is 1.98. The van der Waals surface area contributed by atoms with Gasteiger partial charge in [0.25, 0.3) is 0 Å². The summed E-state index contributed by atoms with van der Waals surface area (Å²) in [6.07, 6.45) is 48.2. The van der Waals surface area contributed by atoms with E-state index in [1.54, 1.807) is 0 Å². The Labute approximate surface area is 315 Å². The predicted octanol–water partition coefficient (Wildman–Crippen LogP) is 14.6. The quantitative estimate of drug-likeness (QED) is 0.0625. The van der Waals surface area contributed by atoms with Gasteiger partial charge >= 0.3 is 5.97 Å². The molecule has 0 aromatic carbocycles. The van der Waals surface area contributed by atoms with Gasteiger partial charge in [0.1, 0.15) is 0 Å². The molecule has 0 aromatic rings. The molecule has 0 aliphatic heterocycles. The molecule has 50 heavy (non-hydrogen) atoms. The molecule has 0 aromatic heterocycles. The zero-order valence-corrected chi connectivity index (χ0v) is 35.2. The zero-order valence-electron chi connectivity index (χ0n) is 35.2. The Balaban J connectivity index is -0.000000767. The number of nitrogens with zero attached hydrogens (tertiary/aromatic N) is 1. The number of hydrogen-bond acceptors (Lipinski definition) is 3. The Hall–Kier alpha value is -1.10. The minimum absolute atomic E-state index is 0.153. The van der Waals surface area contributed by atoms with Gasteiger partial charge in [0.15, 0.2) is 0 Å². The monoisotopic (exact) mass is 711 g/mol. The number of unbranched alkanes of at least 4 members (excludes halogenated alkanes) is 32. The van der Waals surface area contributed by atoms with Crippen molar-refractivity contribution in [3.8, 4) is 0 Å². The number of rotatable bonds is 38. The second-order valence-electron chi connectivity index (χ2n) is 15.5. The third-order valence-electron chi connectivity index (χ3n) is 9.69. The second-order valence-corrected chi connectivity index (χ2v) is 15.5. The SMILES string of the molecule is CCCCCCCCCCCCCCCCCC(N)=O.CCCCCCCCCCCCCCCCCCCCCC(=O)O.CCCN(C)C. The summed E-state index contributed by atoms with van der Waals surface area (Å²) in [4.78, 5) is 23.1. The van der Waals surface area contributed by atoms with Crippen LogP contribution >= 0.6 is 0 Å². The number of carboxylic acids is 1. The Bertz CT molecular complexity index is 625. The molecule has 0 saturated heterocycles. The number of aliphatic carboxylic acids is 1. The minimum Gasteiger partial charge on any atom is -0.481 e. The van der Waals surface area contributed by atoms with Crippen LogP contribution in [0.1, 0.15) is 258 Å². The molecule has 0 radical (unpaired) electrons. The fourth-order valence-electron chi connectivity index (χ4n) is 6.47. The first kappa shape index (κ1) is 53.3. The molecule has 5 heteroatoms. The van der Waals surface area contributed by atoms with Crippen molar-refractivity contribution in [2.24, 2.45) is 5.73 Å². The van der Waals surface area contributed by atoms with Gasteiger partial charge in [0, 0.05) is 12.8 Å². The molecule has 0 unspecified atom stereocenters. The number of nitrogens with two attached hydrogens (primary N) is 1. The highest BCUT2D eigenvalue weighted by molar-refractivity contribution is 5.73. The van der Waals surface area contributed by atoms with E-state index in [0.29, 0.717) is 12.8 Å². The lowest BCUT2D eigenvalue weighted by Crippen LogP contribution is -2.11. The molecule has 0 rings (SSSR count). The Morgan fingerprint density at radius 2 is 0.600 bits per heavy atom. The van der Waals surface area contributed by atoms with Gasteiger partial charge in [0.05, 0.1) is 0 Å². The van der Waals surface area contributed by atoms with Crippen LogP contribution in [-0.4, -0.2) is 42.5 Å². The maximum atomic E-state index is 10.6. The molecule has 0 bridgehead atoms. The van der Waals surface area contributed by atoms with Gasteiger partial charge < -0.3 is 15.7 Å². The molecule has 302 valence electrons. The second kappa shape index (κ2) is 50.0. The summed E-state index contributed by atoms with van der Waals surface area (Å²) in [5.41, 5.74) is 5.11. The Morgan fingerprint density at radius 3 is 0.760 bits per heavy atom. The normalized spacial score (nSPS) is 10.8. The van der Waals surface area contributed by atoms with Crippen molar-refractivity contribution < 1.29 is 14.7 Å². The number of amides is 1. The van der Waals surface area contributed by atoms with Gasteiger partial charge in [-0.25, -0.2) is 0 Å². The van der Waals surface area contributed by atoms with Crippen LogP contribution in [0, 0.1) is 0 Å². The zero-order chi connectivity index (χ0) is 37.6. The van der Waals surface area contributed by atoms with Crippen molar-refractivity contribution in [1.82, 2.24) is 4.90 Å². The molecule has 0 heterocycles. The van der Waals surface area contributed by atoms with E-state index in [0.717, 1.165) is 19.3 Å². The molecule has 0 aliphatic rings. The topological polar surface area (TPSA) is 83.6 Å². The predicted molar refractivity (Wildman–Crippen MR) is 223 cm³/mol. The first-order chi connectivity index (χ1) is 24.3. The van der Waals surface area contributed by atoms with E-state index < -0.39 is 5.97 Å². The number of primary amides is 1. The number of carbonyl (C=O) groups is 2. The fraction of sp³-hybridized carbons (Fsp3) is 0.956. The maximum Gasteiger partial charge on any atom is 0.303 e. The van der Waals surface area contributed by atoms with Crippen molar-refractivity contribution in [1.29, 1.82) is 0 Å². The lowest BCUT2D eigenvalue weighted by atomic mass is 10.0. The van der Waals surface area contributed by atoms with E-state index in [4.69, 9.17) is 10.8 Å². The van der Waals surface area contributed by atoms with Gasteiger partial charge in [0.2, 0.25) is 5.91 Å². The molecule has 3 N–H and O–H groups in total. The first-order valence-corrected chi connectivity index (χ1v) is 22.5. The summed E-state index contributed by atoms with van der Waals surface area (Å²) in [5, 5.41) is 8.56. The number of carbonyl (C=O) groups excluding carboxylic acids is 1. The summed E-state index contributed by atoms with van der Waals surface area (Å²) in [6, 6.07) is 0. The van der Waals surface area contributed by atoms with Gasteiger partial charge in [-0.3, -0.25) is 9.59 Å². The van der Waals surface area contributed by atoms with Gasteiger partial charge in [-0.05, 0) is 39.9 Å². The Kier molecular flexibility index (Phi) is 53.3. The van der Waals surface area contributed by atoms with Crippen molar-refractivity contribution in [3.05, 3.63) is 0 Å². The van der Waals surface area contributed by atoms with E-state index in [-0.39, 0.29) is 5.91 Å². The highest BCUT2D eigenvalue weighted by atomic mass is 16.4. The third-order valence-corrected chi connectivity index (χ3v) is 9.69. The fourth-order valence-corrected chi connectivity index (χ4v) is 6.47.